The van der Waals surface area contributed by atoms with Crippen LogP contribution in [0.3, 0.4) is 0 Å². The molecule has 0 radical (unpaired) electrons. The number of para-hydroxylation sites is 1. The minimum atomic E-state index is -2.96. The molecule has 0 unspecified atom stereocenters. The summed E-state index contributed by atoms with van der Waals surface area (Å²) in [6.07, 6.45) is 0.0205. The van der Waals surface area contributed by atoms with Gasteiger partial charge in [0.2, 0.25) is 5.88 Å². The number of furan rings is 1. The third kappa shape index (κ3) is 4.39. The molecule has 3 aliphatic rings. The quantitative estimate of drug-likeness (QED) is 0.306. The molecule has 3 aliphatic heterocycles. The minimum Gasteiger partial charge on any atom is -0.480 e. The van der Waals surface area contributed by atoms with Crippen molar-refractivity contribution in [2.45, 2.75) is 50.8 Å². The van der Waals surface area contributed by atoms with Crippen LogP contribution in [0, 0.1) is 5.41 Å². The highest BCUT2D eigenvalue weighted by Crippen LogP contribution is 2.46. The van der Waals surface area contributed by atoms with Crippen LogP contribution < -0.4 is 14.5 Å². The maximum atomic E-state index is 13.9. The summed E-state index contributed by atoms with van der Waals surface area (Å²) >= 11 is 6.38. The molecule has 0 aliphatic carbocycles. The largest absolute Gasteiger partial charge is 0.480 e. The molecule has 10 nitrogen and oxygen atoms in total. The van der Waals surface area contributed by atoms with Crippen LogP contribution >= 0.6 is 11.6 Å². The molecule has 0 saturated carbocycles. The second kappa shape index (κ2) is 10.2. The average molecular weight is 600 g/mol. The van der Waals surface area contributed by atoms with Gasteiger partial charge in [0, 0.05) is 36.0 Å². The number of nitrogens with zero attached hydrogens (tertiary/aromatic N) is 5. The van der Waals surface area contributed by atoms with Gasteiger partial charge in [0.25, 0.3) is 6.43 Å². The number of aliphatic carboxylic acids is 1. The maximum absolute atomic E-state index is 13.9. The summed E-state index contributed by atoms with van der Waals surface area (Å²) in [7, 11) is 0. The lowest BCUT2D eigenvalue weighted by atomic mass is 9.72. The van der Waals surface area contributed by atoms with Crippen LogP contribution in [0.1, 0.15) is 38.4 Å². The van der Waals surface area contributed by atoms with E-state index in [1.807, 2.05) is 6.07 Å². The molecule has 3 fully saturated rings. The molecule has 3 atom stereocenters. The van der Waals surface area contributed by atoms with Crippen molar-refractivity contribution in [3.05, 3.63) is 47.4 Å². The Labute approximate surface area is 244 Å². The Kier molecular flexibility index (Phi) is 6.58. The van der Waals surface area contributed by atoms with Gasteiger partial charge in [-0.2, -0.15) is 0 Å². The number of halogens is 3. The van der Waals surface area contributed by atoms with Crippen LogP contribution in [0.4, 0.5) is 20.3 Å². The average Bonchev–Trinajstić information content (AvgIpc) is 3.54. The first-order valence-corrected chi connectivity index (χ1v) is 14.3. The van der Waals surface area contributed by atoms with Crippen LogP contribution in [0.2, 0.25) is 5.02 Å². The Morgan fingerprint density at radius 1 is 1.24 bits per heavy atom. The fourth-order valence-corrected chi connectivity index (χ4v) is 6.67. The number of alkyl halides is 2. The molecule has 3 aromatic heterocycles. The van der Waals surface area contributed by atoms with Crippen molar-refractivity contribution in [1.82, 2.24) is 15.0 Å². The number of fused-ring (bicyclic) bond motifs is 3. The number of carboxylic acids is 1. The van der Waals surface area contributed by atoms with Crippen molar-refractivity contribution in [3.8, 4) is 5.88 Å². The van der Waals surface area contributed by atoms with Crippen molar-refractivity contribution < 1.29 is 32.6 Å². The number of carbonyl (C=O) groups is 1. The lowest BCUT2D eigenvalue weighted by Crippen LogP contribution is -2.60. The molecule has 4 aromatic rings. The molecular formula is C29H28ClF2N5O5. The van der Waals surface area contributed by atoms with Gasteiger partial charge < -0.3 is 28.8 Å². The van der Waals surface area contributed by atoms with E-state index in [-0.39, 0.29) is 41.3 Å². The van der Waals surface area contributed by atoms with Gasteiger partial charge in [0.05, 0.1) is 24.8 Å². The van der Waals surface area contributed by atoms with Crippen molar-refractivity contribution in [3.63, 3.8) is 0 Å². The van der Waals surface area contributed by atoms with Gasteiger partial charge in [-0.15, -0.1) is 0 Å². The predicted molar refractivity (Wildman–Crippen MR) is 151 cm³/mol. The molecule has 42 heavy (non-hydrogen) atoms. The normalized spacial score (nSPS) is 23.7. The van der Waals surface area contributed by atoms with E-state index in [9.17, 15) is 18.7 Å². The standard InChI is InChI=1S/C29H28ClF2N5O5/c1-15-29(13-40-14-29)7-4-8-36(15)19-9-16(30)11-33-27(19)41-17-10-20(28(38)39)37(12-17)26-23-22(34-25(35-26)24(31)32)18-5-2-3-6-21(18)42-23/h2-3,5-6,9,11,15,17,20,24H,4,7-8,10,12-14H2,1H3,(H,38,39)/t15-,17-,20-/m0/s1. The molecule has 13 heteroatoms. The number of piperidine rings is 1. The first-order valence-electron chi connectivity index (χ1n) is 13.9. The number of carboxylic acid groups (broad SMARTS) is 1. The van der Waals surface area contributed by atoms with Crippen LogP contribution in [0.5, 0.6) is 5.88 Å². The summed E-state index contributed by atoms with van der Waals surface area (Å²) in [5, 5.41) is 11.2. The van der Waals surface area contributed by atoms with E-state index >= 15 is 0 Å². The van der Waals surface area contributed by atoms with Gasteiger partial charge in [0.15, 0.2) is 17.2 Å². The zero-order valence-corrected chi connectivity index (χ0v) is 23.4. The van der Waals surface area contributed by atoms with E-state index in [1.54, 1.807) is 24.3 Å². The SMILES string of the molecule is C[C@@H]1N(c2cc(Cl)cnc2O[C@H]2C[C@@H](C(=O)O)N(c3nc(C(F)F)nc4c3oc3ccccc34)C2)CCCC12COC2. The van der Waals surface area contributed by atoms with Crippen LogP contribution in [0.25, 0.3) is 22.1 Å². The smallest absolute Gasteiger partial charge is 0.326 e. The topological polar surface area (TPSA) is 114 Å². The zero-order chi connectivity index (χ0) is 29.2. The highest BCUT2D eigenvalue weighted by molar-refractivity contribution is 6.30. The molecule has 3 saturated heterocycles. The Morgan fingerprint density at radius 3 is 2.79 bits per heavy atom. The highest BCUT2D eigenvalue weighted by Gasteiger charge is 2.49. The Balaban J connectivity index is 1.24. The monoisotopic (exact) mass is 599 g/mol. The summed E-state index contributed by atoms with van der Waals surface area (Å²) in [5.41, 5.74) is 1.58. The summed E-state index contributed by atoms with van der Waals surface area (Å²) in [5.74, 6) is -1.51. The van der Waals surface area contributed by atoms with Gasteiger partial charge in [-0.25, -0.2) is 28.5 Å². The second-order valence-electron chi connectivity index (χ2n) is 11.3. The van der Waals surface area contributed by atoms with Gasteiger partial charge in [-0.05, 0) is 38.0 Å². The van der Waals surface area contributed by atoms with E-state index in [1.165, 1.54) is 11.1 Å². The van der Waals surface area contributed by atoms with Crippen molar-refractivity contribution in [2.24, 2.45) is 5.41 Å². The molecule has 0 bridgehead atoms. The number of hydrogen-bond donors (Lipinski definition) is 1. The third-order valence-corrected chi connectivity index (χ3v) is 9.03. The van der Waals surface area contributed by atoms with E-state index in [2.05, 4.69) is 26.8 Å². The van der Waals surface area contributed by atoms with Crippen LogP contribution in [-0.4, -0.2) is 70.5 Å². The van der Waals surface area contributed by atoms with Gasteiger partial charge in [-0.1, -0.05) is 23.7 Å². The Morgan fingerprint density at radius 2 is 2.05 bits per heavy atom. The van der Waals surface area contributed by atoms with Crippen LogP contribution in [-0.2, 0) is 9.53 Å². The van der Waals surface area contributed by atoms with Crippen LogP contribution in [0.15, 0.2) is 40.9 Å². The number of benzene rings is 1. The van der Waals surface area contributed by atoms with Gasteiger partial charge >= 0.3 is 5.97 Å². The zero-order valence-electron chi connectivity index (χ0n) is 22.7. The number of hydrogen-bond acceptors (Lipinski definition) is 9. The highest BCUT2D eigenvalue weighted by atomic mass is 35.5. The first-order chi connectivity index (χ1) is 20.2. The van der Waals surface area contributed by atoms with E-state index in [4.69, 9.17) is 25.5 Å². The number of anilines is 2. The van der Waals surface area contributed by atoms with Gasteiger partial charge in [-0.3, -0.25) is 0 Å². The Hall–Kier alpha value is -3.77. The second-order valence-corrected chi connectivity index (χ2v) is 11.7. The van der Waals surface area contributed by atoms with Crippen molar-refractivity contribution >= 4 is 51.1 Å². The number of aromatic nitrogens is 3. The van der Waals surface area contributed by atoms with Crippen molar-refractivity contribution in [2.75, 3.05) is 36.1 Å². The van der Waals surface area contributed by atoms with Gasteiger partial charge in [0.1, 0.15) is 28.9 Å². The maximum Gasteiger partial charge on any atom is 0.326 e. The fraction of sp³-hybridized carbons (Fsp3) is 0.448. The lowest BCUT2D eigenvalue weighted by Gasteiger charge is -2.54. The fourth-order valence-electron chi connectivity index (χ4n) is 6.52. The van der Waals surface area contributed by atoms with E-state index in [0.29, 0.717) is 35.1 Å². The molecular weight excluding hydrogens is 572 g/mol. The predicted octanol–water partition coefficient (Wildman–Crippen LogP) is 5.48. The lowest BCUT2D eigenvalue weighted by molar-refractivity contribution is -0.138. The molecule has 1 aromatic carbocycles. The summed E-state index contributed by atoms with van der Waals surface area (Å²) < 4.78 is 45.8. The van der Waals surface area contributed by atoms with E-state index < -0.39 is 30.4 Å². The summed E-state index contributed by atoms with van der Waals surface area (Å²) in [6.45, 7) is 4.40. The summed E-state index contributed by atoms with van der Waals surface area (Å²) in [6, 6.07) is 7.79. The molecule has 1 N–H and O–H groups in total. The third-order valence-electron chi connectivity index (χ3n) is 8.83. The molecule has 6 heterocycles. The van der Waals surface area contributed by atoms with Crippen molar-refractivity contribution in [1.29, 1.82) is 0 Å². The Bertz CT molecular complexity index is 1680. The molecule has 0 amide bonds. The molecule has 220 valence electrons. The summed E-state index contributed by atoms with van der Waals surface area (Å²) in [4.78, 5) is 28.8. The number of pyridine rings is 1. The molecule has 1 spiro atoms. The number of ether oxygens (including phenoxy) is 2. The molecule has 7 rings (SSSR count). The minimum absolute atomic E-state index is 0.00846. The first kappa shape index (κ1) is 27.1. The number of rotatable bonds is 6. The van der Waals surface area contributed by atoms with E-state index in [0.717, 1.165) is 25.1 Å².